The molecular formula is C15H16Cl2O2. The maximum Gasteiger partial charge on any atom is 0.172 e. The molecule has 4 heteroatoms. The predicted molar refractivity (Wildman–Crippen MR) is 75.9 cm³/mol. The van der Waals surface area contributed by atoms with Gasteiger partial charge < -0.3 is 5.11 Å². The van der Waals surface area contributed by atoms with E-state index in [2.05, 4.69) is 0 Å². The van der Waals surface area contributed by atoms with Crippen LogP contribution in [0.5, 0.6) is 5.75 Å². The molecule has 0 bridgehead atoms. The number of hydrogen-bond acceptors (Lipinski definition) is 2. The van der Waals surface area contributed by atoms with Gasteiger partial charge in [-0.15, -0.1) is 0 Å². The third-order valence-corrected chi connectivity index (χ3v) is 6.07. The molecule has 0 radical (unpaired) electrons. The largest absolute Gasteiger partial charge is 0.508 e. The fraction of sp³-hybridized carbons (Fsp3) is 0.533. The third-order valence-electron chi connectivity index (χ3n) is 4.88. The summed E-state index contributed by atoms with van der Waals surface area (Å²) in [4.78, 5) is 12.8. The average molecular weight is 299 g/mol. The number of fused-ring (bicyclic) bond motifs is 1. The zero-order chi connectivity index (χ0) is 13.8. The molecule has 0 amide bonds. The van der Waals surface area contributed by atoms with Gasteiger partial charge in [-0.05, 0) is 43.9 Å². The van der Waals surface area contributed by atoms with Gasteiger partial charge in [0.05, 0.1) is 5.41 Å². The number of hydrogen-bond donors (Lipinski definition) is 1. The number of carbonyl (C=O) groups is 1. The van der Waals surface area contributed by atoms with Crippen LogP contribution in [0, 0.1) is 11.3 Å². The zero-order valence-electron chi connectivity index (χ0n) is 10.7. The van der Waals surface area contributed by atoms with Crippen LogP contribution in [0.3, 0.4) is 0 Å². The first-order valence-corrected chi connectivity index (χ1v) is 7.40. The molecule has 0 aliphatic heterocycles. The molecule has 3 rings (SSSR count). The Morgan fingerprint density at radius 3 is 2.53 bits per heavy atom. The van der Waals surface area contributed by atoms with E-state index < -0.39 is 9.75 Å². The Hall–Kier alpha value is -0.730. The maximum atomic E-state index is 12.8. The van der Waals surface area contributed by atoms with E-state index in [1.54, 1.807) is 6.07 Å². The first-order chi connectivity index (χ1) is 8.89. The number of rotatable bonds is 1. The summed E-state index contributed by atoms with van der Waals surface area (Å²) in [5.41, 5.74) is 0.315. The third kappa shape index (κ3) is 1.59. The molecule has 1 fully saturated rings. The number of benzene rings is 1. The second-order valence-corrected chi connectivity index (χ2v) is 7.14. The average Bonchev–Trinajstić information content (AvgIpc) is 2.94. The quantitative estimate of drug-likeness (QED) is 0.780. The number of halogens is 2. The van der Waals surface area contributed by atoms with Gasteiger partial charge in [0.25, 0.3) is 0 Å². The van der Waals surface area contributed by atoms with Crippen molar-refractivity contribution in [3.8, 4) is 5.75 Å². The van der Waals surface area contributed by atoms with Crippen LogP contribution in [0.2, 0.25) is 0 Å². The lowest BCUT2D eigenvalue weighted by molar-refractivity contribution is 0.0708. The fourth-order valence-corrected chi connectivity index (χ4v) is 4.43. The number of carbonyl (C=O) groups excluding carboxylic acids is 1. The van der Waals surface area contributed by atoms with Gasteiger partial charge in [-0.1, -0.05) is 36.0 Å². The topological polar surface area (TPSA) is 37.3 Å². The lowest BCUT2D eigenvalue weighted by Gasteiger charge is -2.38. The summed E-state index contributed by atoms with van der Waals surface area (Å²) in [6.45, 7) is 1.88. The van der Waals surface area contributed by atoms with Crippen molar-refractivity contribution < 1.29 is 9.90 Å². The highest BCUT2D eigenvalue weighted by Gasteiger charge is 2.62. The van der Waals surface area contributed by atoms with Crippen LogP contribution in [0.25, 0.3) is 0 Å². The molecule has 0 heterocycles. The summed E-state index contributed by atoms with van der Waals surface area (Å²) in [7, 11) is 0. The van der Waals surface area contributed by atoms with Crippen LogP contribution in [-0.2, 0) is 4.33 Å². The number of phenols is 1. The van der Waals surface area contributed by atoms with Crippen molar-refractivity contribution in [3.05, 3.63) is 29.3 Å². The molecule has 2 nitrogen and oxygen atoms in total. The molecule has 2 aliphatic rings. The van der Waals surface area contributed by atoms with E-state index >= 15 is 0 Å². The van der Waals surface area contributed by atoms with Gasteiger partial charge in [-0.3, -0.25) is 4.79 Å². The van der Waals surface area contributed by atoms with Gasteiger partial charge in [-0.2, -0.15) is 0 Å². The number of phenolic OH excluding ortho intramolecular Hbond substituents is 1. The van der Waals surface area contributed by atoms with Gasteiger partial charge in [0.2, 0.25) is 0 Å². The van der Waals surface area contributed by atoms with E-state index in [0.717, 1.165) is 25.7 Å². The maximum absolute atomic E-state index is 12.8. The Kier molecular flexibility index (Phi) is 2.88. The minimum Gasteiger partial charge on any atom is -0.508 e. The Morgan fingerprint density at radius 1 is 1.26 bits per heavy atom. The highest BCUT2D eigenvalue weighted by Crippen LogP contribution is 2.63. The molecule has 0 saturated heterocycles. The zero-order valence-corrected chi connectivity index (χ0v) is 12.3. The smallest absolute Gasteiger partial charge is 0.172 e. The summed E-state index contributed by atoms with van der Waals surface area (Å²) in [5.74, 6) is 0.317. The minimum absolute atomic E-state index is 0.0133. The van der Waals surface area contributed by atoms with Crippen LogP contribution in [0.1, 0.15) is 48.5 Å². The van der Waals surface area contributed by atoms with E-state index in [1.807, 2.05) is 6.92 Å². The molecule has 0 spiro atoms. The van der Waals surface area contributed by atoms with Gasteiger partial charge in [0.15, 0.2) is 10.1 Å². The highest BCUT2D eigenvalue weighted by molar-refractivity contribution is 6.51. The van der Waals surface area contributed by atoms with Crippen molar-refractivity contribution in [1.82, 2.24) is 0 Å². The van der Waals surface area contributed by atoms with Crippen molar-refractivity contribution in [3.63, 3.8) is 0 Å². The second kappa shape index (κ2) is 4.13. The predicted octanol–water partition coefficient (Wildman–Crippen LogP) is 4.42. The Bertz CT molecular complexity index is 547. The van der Waals surface area contributed by atoms with Crippen molar-refractivity contribution in [2.75, 3.05) is 0 Å². The number of aromatic hydroxyl groups is 1. The van der Waals surface area contributed by atoms with Crippen LogP contribution in [-0.4, -0.2) is 10.9 Å². The van der Waals surface area contributed by atoms with E-state index in [4.69, 9.17) is 23.2 Å². The summed E-state index contributed by atoms with van der Waals surface area (Å²) < 4.78 is -1.26. The van der Waals surface area contributed by atoms with E-state index in [9.17, 15) is 9.90 Å². The summed E-state index contributed by atoms with van der Waals surface area (Å²) in [6.07, 6.45) is 4.23. The van der Waals surface area contributed by atoms with Crippen LogP contribution >= 0.6 is 23.2 Å². The van der Waals surface area contributed by atoms with Gasteiger partial charge in [0, 0.05) is 11.1 Å². The molecule has 102 valence electrons. The molecule has 1 saturated carbocycles. The minimum atomic E-state index is -1.26. The molecular weight excluding hydrogens is 283 g/mol. The number of ketones is 1. The second-order valence-electron chi connectivity index (χ2n) is 5.82. The van der Waals surface area contributed by atoms with Crippen molar-refractivity contribution in [2.24, 2.45) is 11.3 Å². The van der Waals surface area contributed by atoms with Gasteiger partial charge >= 0.3 is 0 Å². The molecule has 1 unspecified atom stereocenters. The molecule has 19 heavy (non-hydrogen) atoms. The molecule has 2 aliphatic carbocycles. The summed E-state index contributed by atoms with van der Waals surface area (Å²) >= 11 is 13.2. The monoisotopic (exact) mass is 298 g/mol. The molecule has 0 aromatic heterocycles. The van der Waals surface area contributed by atoms with E-state index in [1.165, 1.54) is 12.1 Å². The highest BCUT2D eigenvalue weighted by atomic mass is 35.5. The van der Waals surface area contributed by atoms with Crippen molar-refractivity contribution in [1.29, 1.82) is 0 Å². The first kappa shape index (κ1) is 13.3. The van der Waals surface area contributed by atoms with Crippen LogP contribution < -0.4 is 0 Å². The Morgan fingerprint density at radius 2 is 1.89 bits per heavy atom. The number of alkyl halides is 2. The standard InChI is InChI=1S/C15H16Cl2O2/c1-14(9-4-2-3-5-9)13(19)11-7-6-10(18)8-12(11)15(14,16)17/h6-9,18H,2-5H2,1H3. The summed E-state index contributed by atoms with van der Waals surface area (Å²) in [5, 5.41) is 9.62. The number of Topliss-reactive ketones (excluding diaryl/α,β-unsaturated/α-hetero) is 1. The lowest BCUT2D eigenvalue weighted by Crippen LogP contribution is -2.41. The fourth-order valence-electron chi connectivity index (χ4n) is 3.64. The molecule has 1 N–H and O–H groups in total. The first-order valence-electron chi connectivity index (χ1n) is 6.65. The van der Waals surface area contributed by atoms with Crippen LogP contribution in [0.4, 0.5) is 0 Å². The Balaban J connectivity index is 2.17. The van der Waals surface area contributed by atoms with E-state index in [0.29, 0.717) is 11.1 Å². The Labute approximate surface area is 122 Å². The van der Waals surface area contributed by atoms with E-state index in [-0.39, 0.29) is 17.5 Å². The summed E-state index contributed by atoms with van der Waals surface area (Å²) in [6, 6.07) is 4.67. The van der Waals surface area contributed by atoms with Crippen LogP contribution in [0.15, 0.2) is 18.2 Å². The van der Waals surface area contributed by atoms with Crippen molar-refractivity contribution in [2.45, 2.75) is 36.9 Å². The molecule has 1 atom stereocenters. The molecule has 1 aromatic rings. The normalized spacial score (nSPS) is 29.7. The molecule has 1 aromatic carbocycles. The van der Waals surface area contributed by atoms with Gasteiger partial charge in [0.1, 0.15) is 5.75 Å². The van der Waals surface area contributed by atoms with Gasteiger partial charge in [-0.25, -0.2) is 0 Å². The SMILES string of the molecule is CC1(C2CCCC2)C(=O)c2ccc(O)cc2C1(Cl)Cl. The lowest BCUT2D eigenvalue weighted by atomic mass is 9.72. The van der Waals surface area contributed by atoms with Crippen molar-refractivity contribution >= 4 is 29.0 Å².